The summed E-state index contributed by atoms with van der Waals surface area (Å²) in [5.74, 6) is -2.66. The van der Waals surface area contributed by atoms with Gasteiger partial charge in [-0.3, -0.25) is 19.2 Å². The summed E-state index contributed by atoms with van der Waals surface area (Å²) in [4.78, 5) is 41.3. The molecule has 26 nitrogen and oxygen atoms in total. The van der Waals surface area contributed by atoms with E-state index in [1.54, 1.807) is 0 Å². The second kappa shape index (κ2) is 129. The molecule has 0 aliphatic heterocycles. The number of aliphatic hydroxyl groups is 18. The van der Waals surface area contributed by atoms with Gasteiger partial charge in [-0.2, -0.15) is 0 Å². The van der Waals surface area contributed by atoms with Gasteiger partial charge in [-0.1, -0.05) is 282 Å². The number of rotatable bonds is 72. The lowest BCUT2D eigenvalue weighted by molar-refractivity contribution is -0.138. The highest BCUT2D eigenvalue weighted by molar-refractivity contribution is 5.67. The predicted molar refractivity (Wildman–Crippen MR) is 469 cm³/mol. The Morgan fingerprint density at radius 1 is 0.172 bits per heavy atom. The molecule has 0 bridgehead atoms. The average Bonchev–Trinajstić information content (AvgIpc) is 1.36. The normalized spacial score (nSPS) is 10.9. The SMILES string of the molecule is CCCCCCCC/C=C\CCCCCCCC(=O)O.CCCCCCCC/C=C\CCCCCCCC(=O)O.CCCCCCCC/C=C\CCCCCCCC(=O)O.CCCCCCCC/C=C\CCCCCCCC(=O)O.OCC(O)CO.OCC(O)CO.OCC(O)CO.OCC(O)CO.OCC(O)CO.OCC(O)CO. The number of aliphatic carboxylic acids is 4. The summed E-state index contributed by atoms with van der Waals surface area (Å²) in [6.45, 7) is 4.66. The molecule has 26 heteroatoms. The first-order valence-corrected chi connectivity index (χ1v) is 44.8. The van der Waals surface area contributed by atoms with Crippen molar-refractivity contribution in [2.75, 3.05) is 79.3 Å². The molecule has 0 aromatic rings. The molecule has 0 unspecified atom stereocenters. The third-order valence-corrected chi connectivity index (χ3v) is 17.1. The van der Waals surface area contributed by atoms with Crippen molar-refractivity contribution in [2.45, 2.75) is 424 Å². The van der Waals surface area contributed by atoms with E-state index in [2.05, 4.69) is 76.3 Å². The number of carboxylic acids is 4. The highest BCUT2D eigenvalue weighted by Gasteiger charge is 2.03. The Morgan fingerprint density at radius 2 is 0.267 bits per heavy atom. The zero-order valence-corrected chi connectivity index (χ0v) is 73.6. The maximum Gasteiger partial charge on any atom is 0.303 e. The average molecular weight is 1680 g/mol. The van der Waals surface area contributed by atoms with Crippen LogP contribution in [0.3, 0.4) is 0 Å². The second-order valence-electron chi connectivity index (χ2n) is 29.0. The highest BCUT2D eigenvalue weighted by atomic mass is 16.4. The molecule has 0 heterocycles. The van der Waals surface area contributed by atoms with Crippen molar-refractivity contribution in [3.63, 3.8) is 0 Å². The first-order valence-electron chi connectivity index (χ1n) is 44.8. The Hall–Kier alpha value is -3.88. The van der Waals surface area contributed by atoms with Gasteiger partial charge < -0.3 is 112 Å². The Labute approximate surface area is 704 Å². The van der Waals surface area contributed by atoms with E-state index in [4.69, 9.17) is 112 Å². The maximum atomic E-state index is 10.3. The third kappa shape index (κ3) is 169. The summed E-state index contributed by atoms with van der Waals surface area (Å²) in [5, 5.41) is 178. The second-order valence-corrected chi connectivity index (χ2v) is 29.0. The van der Waals surface area contributed by atoms with Crippen molar-refractivity contribution in [1.82, 2.24) is 0 Å². The molecule has 22 N–H and O–H groups in total. The third-order valence-electron chi connectivity index (χ3n) is 17.1. The van der Waals surface area contributed by atoms with Gasteiger partial charge in [0.1, 0.15) is 36.6 Å². The fraction of sp³-hybridized carbons (Fsp3) is 0.867. The molecule has 0 aromatic heterocycles. The van der Waals surface area contributed by atoms with Crippen molar-refractivity contribution >= 4 is 23.9 Å². The van der Waals surface area contributed by atoms with Gasteiger partial charge in [-0.05, 0) is 128 Å². The monoisotopic (exact) mass is 1680 g/mol. The number of carbonyl (C=O) groups is 4. The number of aliphatic hydroxyl groups excluding tert-OH is 18. The zero-order chi connectivity index (χ0) is 89.5. The van der Waals surface area contributed by atoms with Crippen LogP contribution in [0, 0.1) is 0 Å². The summed E-state index contributed by atoms with van der Waals surface area (Å²) in [7, 11) is 0. The van der Waals surface area contributed by atoms with E-state index in [1.807, 2.05) is 0 Å². The molecule has 0 aromatic carbocycles. The molecule has 0 aliphatic carbocycles. The van der Waals surface area contributed by atoms with Crippen LogP contribution in [0.25, 0.3) is 0 Å². The van der Waals surface area contributed by atoms with Gasteiger partial charge in [0.15, 0.2) is 0 Å². The van der Waals surface area contributed by atoms with E-state index in [9.17, 15) is 19.2 Å². The minimum absolute atomic E-state index is 0.332. The number of allylic oxidation sites excluding steroid dienone is 8. The van der Waals surface area contributed by atoms with Gasteiger partial charge in [-0.15, -0.1) is 0 Å². The smallest absolute Gasteiger partial charge is 0.303 e. The first-order chi connectivity index (χ1) is 55.9. The molecular weight excluding hydrogens is 1500 g/mol. The topological polar surface area (TPSA) is 513 Å². The summed E-state index contributed by atoms with van der Waals surface area (Å²) in [5.41, 5.74) is 0. The van der Waals surface area contributed by atoms with Crippen LogP contribution < -0.4 is 0 Å². The molecule has 0 atom stereocenters. The van der Waals surface area contributed by atoms with Crippen LogP contribution in [0.5, 0.6) is 0 Å². The zero-order valence-electron chi connectivity index (χ0n) is 73.6. The van der Waals surface area contributed by atoms with Gasteiger partial charge in [0.05, 0.1) is 79.3 Å². The van der Waals surface area contributed by atoms with E-state index in [1.165, 1.54) is 283 Å². The first kappa shape index (κ1) is 133. The van der Waals surface area contributed by atoms with Gasteiger partial charge in [0.2, 0.25) is 0 Å². The van der Waals surface area contributed by atoms with Crippen molar-refractivity contribution in [3.8, 4) is 0 Å². The molecule has 0 amide bonds. The molecule has 0 radical (unpaired) electrons. The highest BCUT2D eigenvalue weighted by Crippen LogP contribution is 2.15. The van der Waals surface area contributed by atoms with Crippen LogP contribution in [0.1, 0.15) is 387 Å². The Kier molecular flexibility index (Phi) is 148. The molecule has 0 aliphatic rings. The number of hydrogen-bond donors (Lipinski definition) is 22. The standard InChI is InChI=1S/4C18H34O2.6C3H8O3/c4*1-2-3-4-5-6-7-8-9-10-11-12-13-14-15-16-17-18(19)20;6*4-1-3(6)2-5/h4*9-10H,2-8,11-17H2,1H3,(H,19,20);6*3-6H,1-2H2/b4*10-9-;;;;;;. The molecule has 0 saturated heterocycles. The van der Waals surface area contributed by atoms with Crippen LogP contribution in [0.2, 0.25) is 0 Å². The lowest BCUT2D eigenvalue weighted by Gasteiger charge is -1.99. The summed E-state index contributed by atoms with van der Waals surface area (Å²) in [6, 6.07) is 0. The van der Waals surface area contributed by atoms with Crippen LogP contribution in [0.4, 0.5) is 0 Å². The van der Waals surface area contributed by atoms with E-state index in [0.717, 1.165) is 51.4 Å². The number of hydrogen-bond acceptors (Lipinski definition) is 22. The van der Waals surface area contributed by atoms with Crippen molar-refractivity contribution in [3.05, 3.63) is 48.6 Å². The Morgan fingerprint density at radius 3 is 0.353 bits per heavy atom. The fourth-order valence-electron chi connectivity index (χ4n) is 9.73. The summed E-state index contributed by atoms with van der Waals surface area (Å²) < 4.78 is 0. The summed E-state index contributed by atoms with van der Waals surface area (Å²) >= 11 is 0. The van der Waals surface area contributed by atoms with Gasteiger partial charge in [0.25, 0.3) is 0 Å². The minimum atomic E-state index is -0.954. The quantitative estimate of drug-likeness (QED) is 0.0199. The lowest BCUT2D eigenvalue weighted by Crippen LogP contribution is -2.15. The molecule has 0 rings (SSSR count). The molecular formula is C90H184O26. The van der Waals surface area contributed by atoms with Gasteiger partial charge in [0, 0.05) is 25.7 Å². The van der Waals surface area contributed by atoms with Crippen LogP contribution >= 0.6 is 0 Å². The van der Waals surface area contributed by atoms with Crippen LogP contribution in [-0.2, 0) is 19.2 Å². The Bertz CT molecular complexity index is 1580. The van der Waals surface area contributed by atoms with Gasteiger partial charge >= 0.3 is 23.9 Å². The van der Waals surface area contributed by atoms with Crippen LogP contribution in [0.15, 0.2) is 48.6 Å². The number of carboxylic acid groups (broad SMARTS) is 4. The van der Waals surface area contributed by atoms with Crippen molar-refractivity contribution < 1.29 is 132 Å². The van der Waals surface area contributed by atoms with Crippen molar-refractivity contribution in [2.24, 2.45) is 0 Å². The maximum absolute atomic E-state index is 10.3. The van der Waals surface area contributed by atoms with Crippen LogP contribution in [-0.4, -0.2) is 252 Å². The molecule has 0 fully saturated rings. The van der Waals surface area contributed by atoms with Gasteiger partial charge in [-0.25, -0.2) is 0 Å². The molecule has 0 saturated carbocycles. The molecule has 116 heavy (non-hydrogen) atoms. The minimum Gasteiger partial charge on any atom is -0.481 e. The fourth-order valence-corrected chi connectivity index (χ4v) is 9.73. The predicted octanol–water partition coefficient (Wildman–Crippen LogP) is 14.4. The van der Waals surface area contributed by atoms with E-state index >= 15 is 0 Å². The molecule has 0 spiro atoms. The largest absolute Gasteiger partial charge is 0.481 e. The summed E-state index contributed by atoms with van der Waals surface area (Å²) in [6.07, 6.45) is 79.2. The lowest BCUT2D eigenvalue weighted by atomic mass is 10.1. The van der Waals surface area contributed by atoms with E-state index in [0.29, 0.717) is 25.7 Å². The molecule has 700 valence electrons. The van der Waals surface area contributed by atoms with E-state index < -0.39 is 60.5 Å². The van der Waals surface area contributed by atoms with E-state index in [-0.39, 0.29) is 79.3 Å². The Balaban J connectivity index is -0.000000141. The number of unbranched alkanes of at least 4 members (excludes halogenated alkanes) is 44. The van der Waals surface area contributed by atoms with Crippen molar-refractivity contribution in [1.29, 1.82) is 0 Å².